The van der Waals surface area contributed by atoms with Gasteiger partial charge in [-0.3, -0.25) is 0 Å². The molecule has 4 atom stereocenters. The maximum absolute atomic E-state index is 10.1. The molecule has 1 aromatic rings. The summed E-state index contributed by atoms with van der Waals surface area (Å²) in [6, 6.07) is 10.2. The molecule has 3 rings (SSSR count). The maximum atomic E-state index is 10.1. The standard InChI is InChI=1S/C13H17NO2.ClH/c15-7-10-12(9-4-2-1-3-5-9)13(10)8-14-6-11(13)16;/h1-5,10-12,14-16H,6-8H2;1H/t10-,11+,12-,13-;/m1./s1. The number of aliphatic hydroxyl groups is 2. The Hall–Kier alpha value is -0.610. The summed E-state index contributed by atoms with van der Waals surface area (Å²) in [7, 11) is 0. The minimum atomic E-state index is -0.324. The molecule has 0 amide bonds. The van der Waals surface area contributed by atoms with Crippen LogP contribution < -0.4 is 5.32 Å². The van der Waals surface area contributed by atoms with E-state index in [1.165, 1.54) is 5.56 Å². The molecule has 4 heteroatoms. The highest BCUT2D eigenvalue weighted by Crippen LogP contribution is 2.67. The highest BCUT2D eigenvalue weighted by molar-refractivity contribution is 5.85. The number of hydrogen-bond acceptors (Lipinski definition) is 3. The molecule has 17 heavy (non-hydrogen) atoms. The van der Waals surface area contributed by atoms with Crippen LogP contribution in [0.15, 0.2) is 30.3 Å². The van der Waals surface area contributed by atoms with Crippen LogP contribution in [-0.4, -0.2) is 36.0 Å². The molecule has 3 nitrogen and oxygen atoms in total. The highest BCUT2D eigenvalue weighted by atomic mass is 35.5. The van der Waals surface area contributed by atoms with Crippen molar-refractivity contribution in [2.45, 2.75) is 12.0 Å². The van der Waals surface area contributed by atoms with Crippen molar-refractivity contribution in [1.82, 2.24) is 5.32 Å². The summed E-state index contributed by atoms with van der Waals surface area (Å²) in [5, 5.41) is 22.7. The van der Waals surface area contributed by atoms with Crippen LogP contribution >= 0.6 is 12.4 Å². The van der Waals surface area contributed by atoms with Gasteiger partial charge >= 0.3 is 0 Å². The molecule has 2 aliphatic rings. The second-order valence-corrected chi connectivity index (χ2v) is 4.94. The Labute approximate surface area is 107 Å². The zero-order valence-electron chi connectivity index (χ0n) is 9.54. The number of benzene rings is 1. The highest BCUT2D eigenvalue weighted by Gasteiger charge is 2.69. The van der Waals surface area contributed by atoms with Crippen molar-refractivity contribution in [2.75, 3.05) is 19.7 Å². The second-order valence-electron chi connectivity index (χ2n) is 4.94. The van der Waals surface area contributed by atoms with E-state index >= 15 is 0 Å². The van der Waals surface area contributed by atoms with E-state index in [9.17, 15) is 10.2 Å². The Kier molecular flexibility index (Phi) is 3.46. The molecular weight excluding hydrogens is 238 g/mol. The first kappa shape index (κ1) is 12.8. The van der Waals surface area contributed by atoms with Gasteiger partial charge in [0.2, 0.25) is 0 Å². The van der Waals surface area contributed by atoms with Crippen molar-refractivity contribution in [3.63, 3.8) is 0 Å². The van der Waals surface area contributed by atoms with Crippen LogP contribution in [0.5, 0.6) is 0 Å². The van der Waals surface area contributed by atoms with Crippen molar-refractivity contribution < 1.29 is 10.2 Å². The summed E-state index contributed by atoms with van der Waals surface area (Å²) in [6.45, 7) is 1.64. The lowest BCUT2D eigenvalue weighted by Crippen LogP contribution is -2.23. The van der Waals surface area contributed by atoms with Crippen LogP contribution in [0.1, 0.15) is 11.5 Å². The van der Waals surface area contributed by atoms with E-state index in [0.29, 0.717) is 12.5 Å². The smallest absolute Gasteiger partial charge is 0.0742 e. The van der Waals surface area contributed by atoms with Gasteiger partial charge in [-0.1, -0.05) is 30.3 Å². The Morgan fingerprint density at radius 3 is 2.53 bits per heavy atom. The van der Waals surface area contributed by atoms with Crippen molar-refractivity contribution in [2.24, 2.45) is 11.3 Å². The lowest BCUT2D eigenvalue weighted by Gasteiger charge is -2.13. The zero-order chi connectivity index (χ0) is 11.2. The first-order valence-electron chi connectivity index (χ1n) is 5.85. The molecule has 3 N–H and O–H groups in total. The lowest BCUT2D eigenvalue weighted by atomic mass is 9.95. The molecule has 1 heterocycles. The quantitative estimate of drug-likeness (QED) is 0.732. The van der Waals surface area contributed by atoms with Crippen molar-refractivity contribution in [1.29, 1.82) is 0 Å². The number of rotatable bonds is 2. The van der Waals surface area contributed by atoms with Crippen LogP contribution in [0.25, 0.3) is 0 Å². The van der Waals surface area contributed by atoms with Crippen molar-refractivity contribution in [3.8, 4) is 0 Å². The fourth-order valence-electron chi connectivity index (χ4n) is 3.45. The van der Waals surface area contributed by atoms with Gasteiger partial charge in [-0.05, 0) is 17.4 Å². The third kappa shape index (κ3) is 1.69. The van der Waals surface area contributed by atoms with Gasteiger partial charge in [-0.2, -0.15) is 0 Å². The van der Waals surface area contributed by atoms with Gasteiger partial charge in [0.15, 0.2) is 0 Å². The molecule has 2 fully saturated rings. The Morgan fingerprint density at radius 2 is 2.00 bits per heavy atom. The van der Waals surface area contributed by atoms with E-state index in [1.807, 2.05) is 18.2 Å². The van der Waals surface area contributed by atoms with Crippen LogP contribution in [0.2, 0.25) is 0 Å². The van der Waals surface area contributed by atoms with Crippen molar-refractivity contribution in [3.05, 3.63) is 35.9 Å². The first-order chi connectivity index (χ1) is 7.80. The van der Waals surface area contributed by atoms with Gasteiger partial charge in [0.25, 0.3) is 0 Å². The molecule has 1 aromatic carbocycles. The molecular formula is C13H18ClNO2. The SMILES string of the molecule is Cl.OC[C@@H]1[C@@H](c2ccccc2)[C@]12CNC[C@@H]2O. The molecule has 94 valence electrons. The molecule has 0 unspecified atom stereocenters. The van der Waals surface area contributed by atoms with Crippen LogP contribution in [0.4, 0.5) is 0 Å². The topological polar surface area (TPSA) is 52.5 Å². The molecule has 0 radical (unpaired) electrons. The molecule has 0 aromatic heterocycles. The molecule has 1 aliphatic carbocycles. The number of halogens is 1. The summed E-state index contributed by atoms with van der Waals surface area (Å²) >= 11 is 0. The molecule has 0 bridgehead atoms. The van der Waals surface area contributed by atoms with E-state index < -0.39 is 0 Å². The first-order valence-corrected chi connectivity index (χ1v) is 5.85. The maximum Gasteiger partial charge on any atom is 0.0742 e. The Morgan fingerprint density at radius 1 is 1.29 bits per heavy atom. The molecule has 1 saturated heterocycles. The van der Waals surface area contributed by atoms with E-state index in [2.05, 4.69) is 17.4 Å². The number of nitrogens with one attached hydrogen (secondary N) is 1. The summed E-state index contributed by atoms with van der Waals surface area (Å²) in [5.74, 6) is 0.517. The third-order valence-electron chi connectivity index (χ3n) is 4.31. The summed E-state index contributed by atoms with van der Waals surface area (Å²) in [6.07, 6.45) is -0.324. The average Bonchev–Trinajstić information content (AvgIpc) is 2.84. The predicted molar refractivity (Wildman–Crippen MR) is 68.3 cm³/mol. The zero-order valence-corrected chi connectivity index (χ0v) is 10.4. The van der Waals surface area contributed by atoms with Crippen LogP contribution in [0.3, 0.4) is 0 Å². The van der Waals surface area contributed by atoms with Gasteiger partial charge in [-0.15, -0.1) is 12.4 Å². The van der Waals surface area contributed by atoms with Gasteiger partial charge in [-0.25, -0.2) is 0 Å². The monoisotopic (exact) mass is 255 g/mol. The Bertz CT molecular complexity index is 386. The van der Waals surface area contributed by atoms with Gasteiger partial charge in [0, 0.05) is 25.1 Å². The average molecular weight is 256 g/mol. The minimum absolute atomic E-state index is 0. The van der Waals surface area contributed by atoms with Gasteiger partial charge in [0.05, 0.1) is 6.10 Å². The Balaban J connectivity index is 0.00000108. The van der Waals surface area contributed by atoms with Crippen LogP contribution in [0, 0.1) is 11.3 Å². The fraction of sp³-hybridized carbons (Fsp3) is 0.538. The number of hydrogen-bond donors (Lipinski definition) is 3. The van der Waals surface area contributed by atoms with Gasteiger partial charge in [0.1, 0.15) is 0 Å². The van der Waals surface area contributed by atoms with Gasteiger partial charge < -0.3 is 15.5 Å². The predicted octanol–water partition coefficient (Wildman–Crippen LogP) is 0.765. The molecule has 1 saturated carbocycles. The largest absolute Gasteiger partial charge is 0.396 e. The fourth-order valence-corrected chi connectivity index (χ4v) is 3.45. The normalized spacial score (nSPS) is 39.1. The third-order valence-corrected chi connectivity index (χ3v) is 4.31. The number of β-amino-alcohol motifs (C(OH)–C–C–N with tert-alkyl or cyclic N) is 1. The summed E-state index contributed by atoms with van der Waals surface area (Å²) in [4.78, 5) is 0. The van der Waals surface area contributed by atoms with E-state index in [-0.39, 0.29) is 36.5 Å². The van der Waals surface area contributed by atoms with E-state index in [4.69, 9.17) is 0 Å². The number of aliphatic hydroxyl groups excluding tert-OH is 2. The summed E-state index contributed by atoms with van der Waals surface area (Å²) < 4.78 is 0. The van der Waals surface area contributed by atoms with Crippen molar-refractivity contribution >= 4 is 12.4 Å². The van der Waals surface area contributed by atoms with E-state index in [0.717, 1.165) is 6.54 Å². The van der Waals surface area contributed by atoms with E-state index in [1.54, 1.807) is 0 Å². The minimum Gasteiger partial charge on any atom is -0.396 e. The second kappa shape index (κ2) is 4.58. The lowest BCUT2D eigenvalue weighted by molar-refractivity contribution is 0.113. The molecule has 1 spiro atoms. The van der Waals surface area contributed by atoms with Crippen LogP contribution in [-0.2, 0) is 0 Å². The molecule has 1 aliphatic heterocycles. The summed E-state index contributed by atoms with van der Waals surface area (Å²) in [5.41, 5.74) is 1.13.